The van der Waals surface area contributed by atoms with Crippen molar-refractivity contribution in [3.8, 4) is 0 Å². The van der Waals surface area contributed by atoms with Crippen LogP contribution in [0.4, 0.5) is 0 Å². The van der Waals surface area contributed by atoms with Gasteiger partial charge in [-0.1, -0.05) is 38.1 Å². The maximum Gasteiger partial charge on any atom is 0.355 e. The molecule has 1 heterocycles. The lowest BCUT2D eigenvalue weighted by molar-refractivity contribution is 0.0327. The van der Waals surface area contributed by atoms with Crippen molar-refractivity contribution in [2.45, 2.75) is 65.4 Å². The van der Waals surface area contributed by atoms with E-state index in [1.165, 1.54) is 11.1 Å². The van der Waals surface area contributed by atoms with Gasteiger partial charge in [0.15, 0.2) is 5.78 Å². The van der Waals surface area contributed by atoms with Gasteiger partial charge in [0.2, 0.25) is 0 Å². The van der Waals surface area contributed by atoms with Crippen LogP contribution in [0.1, 0.15) is 82.8 Å². The SMILES string of the molecule is CCc1ccc(C2CC(=O)c3c([nH]c(C(=O)OC(C)CC)c3C)C2)cc1. The first-order valence-electron chi connectivity index (χ1n) is 9.49. The number of fused-ring (bicyclic) bond motifs is 1. The number of carbonyl (C=O) groups is 2. The smallest absolute Gasteiger partial charge is 0.355 e. The maximum atomic E-state index is 12.8. The van der Waals surface area contributed by atoms with Crippen molar-refractivity contribution in [2.75, 3.05) is 0 Å². The molecule has 4 nitrogen and oxygen atoms in total. The number of rotatable bonds is 5. The number of nitrogens with one attached hydrogen (secondary N) is 1. The summed E-state index contributed by atoms with van der Waals surface area (Å²) in [5.41, 5.74) is 5.16. The van der Waals surface area contributed by atoms with E-state index in [4.69, 9.17) is 4.74 Å². The van der Waals surface area contributed by atoms with Crippen LogP contribution in [0.25, 0.3) is 0 Å². The number of aromatic nitrogens is 1. The molecule has 2 aromatic rings. The Labute approximate surface area is 155 Å². The molecule has 26 heavy (non-hydrogen) atoms. The Morgan fingerprint density at radius 3 is 2.54 bits per heavy atom. The minimum atomic E-state index is -0.372. The molecule has 1 N–H and O–H groups in total. The minimum Gasteiger partial charge on any atom is -0.458 e. The highest BCUT2D eigenvalue weighted by Crippen LogP contribution is 2.35. The first-order chi connectivity index (χ1) is 12.4. The predicted molar refractivity (Wildman–Crippen MR) is 102 cm³/mol. The number of carbonyl (C=O) groups excluding carboxylic acids is 2. The predicted octanol–water partition coefficient (Wildman–Crippen LogP) is 4.75. The Morgan fingerprint density at radius 2 is 1.92 bits per heavy atom. The number of aromatic amines is 1. The zero-order chi connectivity index (χ0) is 18.8. The number of aryl methyl sites for hydroxylation is 1. The zero-order valence-corrected chi connectivity index (χ0v) is 16.0. The van der Waals surface area contributed by atoms with E-state index in [2.05, 4.69) is 36.2 Å². The molecular weight excluding hydrogens is 326 g/mol. The van der Waals surface area contributed by atoms with E-state index in [0.29, 0.717) is 17.7 Å². The van der Waals surface area contributed by atoms with Crippen LogP contribution >= 0.6 is 0 Å². The molecule has 0 saturated carbocycles. The van der Waals surface area contributed by atoms with E-state index in [0.717, 1.165) is 30.5 Å². The zero-order valence-electron chi connectivity index (χ0n) is 16.0. The Hall–Kier alpha value is -2.36. The quantitative estimate of drug-likeness (QED) is 0.789. The fourth-order valence-electron chi connectivity index (χ4n) is 3.62. The average molecular weight is 353 g/mol. The van der Waals surface area contributed by atoms with Crippen LogP contribution in [0.5, 0.6) is 0 Å². The Morgan fingerprint density at radius 1 is 1.23 bits per heavy atom. The molecule has 1 aromatic carbocycles. The van der Waals surface area contributed by atoms with Crippen molar-refractivity contribution < 1.29 is 14.3 Å². The van der Waals surface area contributed by atoms with E-state index < -0.39 is 0 Å². The molecule has 0 bridgehead atoms. The molecule has 2 atom stereocenters. The van der Waals surface area contributed by atoms with Gasteiger partial charge in [-0.25, -0.2) is 4.79 Å². The first-order valence-corrected chi connectivity index (χ1v) is 9.49. The van der Waals surface area contributed by atoms with Gasteiger partial charge in [-0.3, -0.25) is 4.79 Å². The minimum absolute atomic E-state index is 0.104. The normalized spacial score (nSPS) is 17.7. The van der Waals surface area contributed by atoms with Gasteiger partial charge in [0, 0.05) is 17.7 Å². The molecule has 1 aromatic heterocycles. The number of esters is 1. The van der Waals surface area contributed by atoms with Crippen LogP contribution < -0.4 is 0 Å². The molecule has 0 amide bonds. The summed E-state index contributed by atoms with van der Waals surface area (Å²) >= 11 is 0. The highest BCUT2D eigenvalue weighted by atomic mass is 16.5. The van der Waals surface area contributed by atoms with E-state index >= 15 is 0 Å². The van der Waals surface area contributed by atoms with Gasteiger partial charge in [-0.05, 0) is 55.7 Å². The molecule has 3 rings (SSSR count). The molecule has 138 valence electrons. The summed E-state index contributed by atoms with van der Waals surface area (Å²) in [4.78, 5) is 28.4. The van der Waals surface area contributed by atoms with Crippen LogP contribution in [0.15, 0.2) is 24.3 Å². The summed E-state index contributed by atoms with van der Waals surface area (Å²) in [7, 11) is 0. The second-order valence-corrected chi connectivity index (χ2v) is 7.23. The van der Waals surface area contributed by atoms with Gasteiger partial charge in [-0.15, -0.1) is 0 Å². The third-order valence-electron chi connectivity index (χ3n) is 5.44. The second kappa shape index (κ2) is 7.48. The van der Waals surface area contributed by atoms with Crippen molar-refractivity contribution in [1.82, 2.24) is 4.98 Å². The average Bonchev–Trinajstić information content (AvgIpc) is 2.98. The van der Waals surface area contributed by atoms with E-state index in [9.17, 15) is 9.59 Å². The lowest BCUT2D eigenvalue weighted by atomic mass is 9.81. The standard InChI is InChI=1S/C22H27NO3/c1-5-13(3)26-22(25)21-14(4)20-18(23-21)11-17(12-19(20)24)16-9-7-15(6-2)8-10-16/h7-10,13,17,23H,5-6,11-12H2,1-4H3. The van der Waals surface area contributed by atoms with Crippen LogP contribution in [0, 0.1) is 6.92 Å². The summed E-state index contributed by atoms with van der Waals surface area (Å²) in [6, 6.07) is 8.50. The highest BCUT2D eigenvalue weighted by Gasteiger charge is 2.32. The number of H-pyrrole nitrogens is 1. The molecule has 1 aliphatic rings. The Bertz CT molecular complexity index is 817. The van der Waals surface area contributed by atoms with Crippen molar-refractivity contribution in [1.29, 1.82) is 0 Å². The molecule has 0 aliphatic heterocycles. The number of ketones is 1. The van der Waals surface area contributed by atoms with Gasteiger partial charge in [-0.2, -0.15) is 0 Å². The number of hydrogen-bond donors (Lipinski definition) is 1. The van der Waals surface area contributed by atoms with Gasteiger partial charge >= 0.3 is 5.97 Å². The summed E-state index contributed by atoms with van der Waals surface area (Å²) in [6.07, 6.45) is 2.86. The first kappa shape index (κ1) is 18.4. The monoisotopic (exact) mass is 353 g/mol. The fraction of sp³-hybridized carbons (Fsp3) is 0.455. The molecule has 0 spiro atoms. The van der Waals surface area contributed by atoms with E-state index in [1.54, 1.807) is 0 Å². The third kappa shape index (κ3) is 3.46. The third-order valence-corrected chi connectivity index (χ3v) is 5.44. The van der Waals surface area contributed by atoms with Crippen molar-refractivity contribution in [3.05, 3.63) is 57.9 Å². The summed E-state index contributed by atoms with van der Waals surface area (Å²) in [5.74, 6) is -0.118. The number of benzene rings is 1. The molecule has 0 fully saturated rings. The van der Waals surface area contributed by atoms with E-state index in [1.807, 2.05) is 20.8 Å². The van der Waals surface area contributed by atoms with Gasteiger partial charge in [0.1, 0.15) is 5.69 Å². The number of hydrogen-bond acceptors (Lipinski definition) is 3. The van der Waals surface area contributed by atoms with Crippen LogP contribution in [-0.2, 0) is 17.6 Å². The van der Waals surface area contributed by atoms with Crippen LogP contribution in [0.3, 0.4) is 0 Å². The molecular formula is C22H27NO3. The largest absolute Gasteiger partial charge is 0.458 e. The van der Waals surface area contributed by atoms with Gasteiger partial charge < -0.3 is 9.72 Å². The fourth-order valence-corrected chi connectivity index (χ4v) is 3.62. The highest BCUT2D eigenvalue weighted by molar-refractivity contribution is 6.03. The molecule has 0 saturated heterocycles. The molecule has 0 radical (unpaired) electrons. The van der Waals surface area contributed by atoms with Crippen molar-refractivity contribution in [3.63, 3.8) is 0 Å². The molecule has 2 unspecified atom stereocenters. The topological polar surface area (TPSA) is 59.2 Å². The molecule has 4 heteroatoms. The van der Waals surface area contributed by atoms with Crippen LogP contribution in [-0.4, -0.2) is 22.8 Å². The van der Waals surface area contributed by atoms with E-state index in [-0.39, 0.29) is 23.8 Å². The summed E-state index contributed by atoms with van der Waals surface area (Å²) in [5, 5.41) is 0. The van der Waals surface area contributed by atoms with Gasteiger partial charge in [0.25, 0.3) is 0 Å². The number of Topliss-reactive ketones (excluding diaryl/α,β-unsaturated/α-hetero) is 1. The second-order valence-electron chi connectivity index (χ2n) is 7.23. The lowest BCUT2D eigenvalue weighted by Crippen LogP contribution is -2.18. The maximum absolute atomic E-state index is 12.8. The lowest BCUT2D eigenvalue weighted by Gasteiger charge is -2.22. The van der Waals surface area contributed by atoms with Gasteiger partial charge in [0.05, 0.1) is 6.10 Å². The number of ether oxygens (including phenoxy) is 1. The van der Waals surface area contributed by atoms with Crippen molar-refractivity contribution >= 4 is 11.8 Å². The Balaban J connectivity index is 1.87. The van der Waals surface area contributed by atoms with Crippen LogP contribution in [0.2, 0.25) is 0 Å². The Kier molecular flexibility index (Phi) is 5.30. The summed E-state index contributed by atoms with van der Waals surface area (Å²) < 4.78 is 5.43. The van der Waals surface area contributed by atoms with Crippen molar-refractivity contribution in [2.24, 2.45) is 0 Å². The molecule has 1 aliphatic carbocycles. The summed E-state index contributed by atoms with van der Waals surface area (Å²) in [6.45, 7) is 7.81.